The molecular formula is C17H20BrN5O2. The van der Waals surface area contributed by atoms with Gasteiger partial charge in [-0.25, -0.2) is 4.79 Å². The molecule has 1 aliphatic heterocycles. The Bertz CT molecular complexity index is 785. The van der Waals surface area contributed by atoms with E-state index in [0.29, 0.717) is 23.8 Å². The zero-order valence-electron chi connectivity index (χ0n) is 14.2. The molecule has 0 unspecified atom stereocenters. The van der Waals surface area contributed by atoms with Crippen LogP contribution in [-0.2, 0) is 9.53 Å². The van der Waals surface area contributed by atoms with Crippen LogP contribution in [-0.4, -0.2) is 32.8 Å². The van der Waals surface area contributed by atoms with Gasteiger partial charge in [-0.1, -0.05) is 52.9 Å². The zero-order valence-corrected chi connectivity index (χ0v) is 15.8. The van der Waals surface area contributed by atoms with Gasteiger partial charge in [0.15, 0.2) is 0 Å². The van der Waals surface area contributed by atoms with Gasteiger partial charge in [-0.3, -0.25) is 0 Å². The number of fused-ring (bicyclic) bond motifs is 1. The summed E-state index contributed by atoms with van der Waals surface area (Å²) in [5.74, 6) is 0.170. The third kappa shape index (κ3) is 3.73. The fraction of sp³-hybridized carbons (Fsp3) is 0.412. The third-order valence-electron chi connectivity index (χ3n) is 4.10. The predicted molar refractivity (Wildman–Crippen MR) is 96.9 cm³/mol. The number of hydrogen-bond donors (Lipinski definition) is 1. The van der Waals surface area contributed by atoms with Crippen LogP contribution >= 0.6 is 15.9 Å². The van der Waals surface area contributed by atoms with Crippen LogP contribution < -0.4 is 5.32 Å². The summed E-state index contributed by atoms with van der Waals surface area (Å²) < 4.78 is 8.07. The highest BCUT2D eigenvalue weighted by Gasteiger charge is 2.34. The maximum absolute atomic E-state index is 12.7. The van der Waals surface area contributed by atoms with Gasteiger partial charge >= 0.3 is 5.97 Å². The van der Waals surface area contributed by atoms with Crippen molar-refractivity contribution < 1.29 is 9.53 Å². The second kappa shape index (κ2) is 7.77. The molecule has 0 saturated heterocycles. The second-order valence-corrected chi connectivity index (χ2v) is 6.82. The maximum atomic E-state index is 12.7. The number of halogens is 1. The van der Waals surface area contributed by atoms with Gasteiger partial charge in [0, 0.05) is 10.2 Å². The molecule has 8 heteroatoms. The van der Waals surface area contributed by atoms with Crippen LogP contribution in [0.15, 0.2) is 40.0 Å². The lowest BCUT2D eigenvalue weighted by Crippen LogP contribution is -2.29. The van der Waals surface area contributed by atoms with Gasteiger partial charge in [0.25, 0.3) is 0 Å². The SMILES string of the molecule is CCCCCOC(=O)C1=C(C)Nc2nnnn2[C@H]1c1ccc(Br)cc1. The second-order valence-electron chi connectivity index (χ2n) is 5.91. The van der Waals surface area contributed by atoms with Crippen molar-refractivity contribution in [2.45, 2.75) is 39.2 Å². The average molecular weight is 406 g/mol. The molecule has 3 rings (SSSR count). The Balaban J connectivity index is 1.92. The molecule has 132 valence electrons. The summed E-state index contributed by atoms with van der Waals surface area (Å²) >= 11 is 3.44. The van der Waals surface area contributed by atoms with Crippen molar-refractivity contribution in [3.05, 3.63) is 45.6 Å². The number of benzene rings is 1. The van der Waals surface area contributed by atoms with Crippen molar-refractivity contribution in [3.8, 4) is 0 Å². The van der Waals surface area contributed by atoms with Crippen molar-refractivity contribution in [1.29, 1.82) is 0 Å². The van der Waals surface area contributed by atoms with Crippen LogP contribution in [0, 0.1) is 0 Å². The monoisotopic (exact) mass is 405 g/mol. The van der Waals surface area contributed by atoms with E-state index in [9.17, 15) is 4.79 Å². The van der Waals surface area contributed by atoms with Gasteiger partial charge in [0.1, 0.15) is 6.04 Å². The van der Waals surface area contributed by atoms with Gasteiger partial charge in [0.2, 0.25) is 5.95 Å². The van der Waals surface area contributed by atoms with E-state index in [2.05, 4.69) is 43.7 Å². The van der Waals surface area contributed by atoms with Gasteiger partial charge in [-0.15, -0.1) is 0 Å². The topological polar surface area (TPSA) is 81.9 Å². The first kappa shape index (κ1) is 17.6. The molecule has 2 heterocycles. The molecule has 0 fully saturated rings. The first-order chi connectivity index (χ1) is 12.1. The molecule has 7 nitrogen and oxygen atoms in total. The number of nitrogens with zero attached hydrogens (tertiary/aromatic N) is 4. The molecule has 2 aromatic rings. The lowest BCUT2D eigenvalue weighted by atomic mass is 9.96. The Morgan fingerprint density at radius 2 is 2.08 bits per heavy atom. The maximum Gasteiger partial charge on any atom is 0.338 e. The van der Waals surface area contributed by atoms with Crippen LogP contribution in [0.5, 0.6) is 0 Å². The number of aromatic nitrogens is 4. The third-order valence-corrected chi connectivity index (χ3v) is 4.63. The van der Waals surface area contributed by atoms with E-state index in [-0.39, 0.29) is 5.97 Å². The quantitative estimate of drug-likeness (QED) is 0.585. The molecule has 1 aromatic carbocycles. The van der Waals surface area contributed by atoms with Crippen LogP contribution in [0.1, 0.15) is 44.7 Å². The summed E-state index contributed by atoms with van der Waals surface area (Å²) in [6.45, 7) is 4.37. The van der Waals surface area contributed by atoms with E-state index in [0.717, 1.165) is 29.3 Å². The molecular weight excluding hydrogens is 386 g/mol. The van der Waals surface area contributed by atoms with E-state index in [4.69, 9.17) is 4.74 Å². The number of hydrogen-bond acceptors (Lipinski definition) is 6. The Kier molecular flexibility index (Phi) is 5.47. The van der Waals surface area contributed by atoms with E-state index < -0.39 is 6.04 Å². The van der Waals surface area contributed by atoms with Crippen molar-refractivity contribution >= 4 is 27.8 Å². The summed E-state index contributed by atoms with van der Waals surface area (Å²) in [4.78, 5) is 12.7. The summed E-state index contributed by atoms with van der Waals surface area (Å²) in [6, 6.07) is 7.34. The lowest BCUT2D eigenvalue weighted by molar-refractivity contribution is -0.139. The number of rotatable bonds is 6. The van der Waals surface area contributed by atoms with E-state index >= 15 is 0 Å². The molecule has 25 heavy (non-hydrogen) atoms. The Morgan fingerprint density at radius 1 is 1.32 bits per heavy atom. The lowest BCUT2D eigenvalue weighted by Gasteiger charge is -2.27. The molecule has 1 aliphatic rings. The molecule has 0 saturated carbocycles. The highest BCUT2D eigenvalue weighted by molar-refractivity contribution is 9.10. The molecule has 0 aliphatic carbocycles. The van der Waals surface area contributed by atoms with Gasteiger partial charge in [0.05, 0.1) is 12.2 Å². The molecule has 0 spiro atoms. The van der Waals surface area contributed by atoms with E-state index in [1.807, 2.05) is 31.2 Å². The normalized spacial score (nSPS) is 16.4. The van der Waals surface area contributed by atoms with Crippen LogP contribution in [0.25, 0.3) is 0 Å². The standard InChI is InChI=1S/C17H20BrN5O2/c1-3-4-5-10-25-16(24)14-11(2)19-17-20-21-22-23(17)15(14)12-6-8-13(18)9-7-12/h6-9,15H,3-5,10H2,1-2H3,(H,19,20,22)/t15-/m0/s1. The Labute approximate surface area is 154 Å². The highest BCUT2D eigenvalue weighted by atomic mass is 79.9. The fourth-order valence-electron chi connectivity index (χ4n) is 2.82. The predicted octanol–water partition coefficient (Wildman–Crippen LogP) is 3.46. The van der Waals surface area contributed by atoms with Crippen molar-refractivity contribution in [2.24, 2.45) is 0 Å². The van der Waals surface area contributed by atoms with Crippen LogP contribution in [0.2, 0.25) is 0 Å². The van der Waals surface area contributed by atoms with E-state index in [1.54, 1.807) is 4.68 Å². The summed E-state index contributed by atoms with van der Waals surface area (Å²) in [6.07, 6.45) is 2.98. The smallest absolute Gasteiger partial charge is 0.338 e. The van der Waals surface area contributed by atoms with Crippen LogP contribution in [0.3, 0.4) is 0 Å². The number of esters is 1. The van der Waals surface area contributed by atoms with Crippen LogP contribution in [0.4, 0.5) is 5.95 Å². The molecule has 0 bridgehead atoms. The number of carbonyl (C=O) groups excluding carboxylic acids is 1. The highest BCUT2D eigenvalue weighted by Crippen LogP contribution is 2.35. The molecule has 1 atom stereocenters. The number of carbonyl (C=O) groups is 1. The molecule has 1 N–H and O–H groups in total. The first-order valence-corrected chi connectivity index (χ1v) is 9.09. The summed E-state index contributed by atoms with van der Waals surface area (Å²) in [5.41, 5.74) is 2.15. The average Bonchev–Trinajstić information content (AvgIpc) is 3.06. The zero-order chi connectivity index (χ0) is 17.8. The van der Waals surface area contributed by atoms with Crippen molar-refractivity contribution in [2.75, 3.05) is 11.9 Å². The number of nitrogens with one attached hydrogen (secondary N) is 1. The first-order valence-electron chi connectivity index (χ1n) is 8.30. The summed E-state index contributed by atoms with van der Waals surface area (Å²) in [5, 5.41) is 14.8. The Morgan fingerprint density at radius 3 is 2.80 bits per heavy atom. The van der Waals surface area contributed by atoms with E-state index in [1.165, 1.54) is 0 Å². The van der Waals surface area contributed by atoms with Crippen molar-refractivity contribution in [1.82, 2.24) is 20.2 Å². The minimum atomic E-state index is -0.418. The minimum absolute atomic E-state index is 0.338. The number of anilines is 1. The van der Waals surface area contributed by atoms with Gasteiger partial charge in [-0.05, 0) is 41.5 Å². The minimum Gasteiger partial charge on any atom is -0.462 e. The Hall–Kier alpha value is -2.22. The summed E-state index contributed by atoms with van der Waals surface area (Å²) in [7, 11) is 0. The van der Waals surface area contributed by atoms with Crippen molar-refractivity contribution in [3.63, 3.8) is 0 Å². The van der Waals surface area contributed by atoms with Gasteiger partial charge in [-0.2, -0.15) is 4.68 Å². The molecule has 0 amide bonds. The number of ether oxygens (including phenoxy) is 1. The molecule has 0 radical (unpaired) electrons. The largest absolute Gasteiger partial charge is 0.462 e. The number of tetrazole rings is 1. The number of allylic oxidation sites excluding steroid dienone is 1. The molecule has 1 aromatic heterocycles. The van der Waals surface area contributed by atoms with Gasteiger partial charge < -0.3 is 10.1 Å². The number of unbranched alkanes of at least 4 members (excludes halogenated alkanes) is 2. The fourth-order valence-corrected chi connectivity index (χ4v) is 3.09.